The Morgan fingerprint density at radius 1 is 1.42 bits per heavy atom. The average Bonchev–Trinajstić information content (AvgIpc) is 2.26. The number of halogens is 1. The van der Waals surface area contributed by atoms with E-state index in [0.717, 1.165) is 0 Å². The Morgan fingerprint density at radius 2 is 2.05 bits per heavy atom. The van der Waals surface area contributed by atoms with Crippen molar-refractivity contribution in [1.29, 1.82) is 0 Å². The van der Waals surface area contributed by atoms with Gasteiger partial charge in [0.05, 0.1) is 17.1 Å². The van der Waals surface area contributed by atoms with Crippen LogP contribution in [0.1, 0.15) is 24.2 Å². The Hall–Kier alpha value is -1.75. The lowest BCUT2D eigenvalue weighted by Gasteiger charge is -2.25. The molecule has 0 aromatic heterocycles. The number of nitrogens with two attached hydrogens (primary N) is 1. The minimum absolute atomic E-state index is 0.0361. The van der Waals surface area contributed by atoms with E-state index in [2.05, 4.69) is 0 Å². The molecule has 0 fully saturated rings. The highest BCUT2D eigenvalue weighted by atomic mass is 35.5. The molecule has 104 valence electrons. The van der Waals surface area contributed by atoms with Gasteiger partial charge >= 0.3 is 5.97 Å². The first-order valence-electron chi connectivity index (χ1n) is 5.87. The number of carbonyl (C=O) groups excluding carboxylic acids is 1. The smallest absolute Gasteiger partial charge is 0.337 e. The molecule has 0 spiro atoms. The molecule has 1 aromatic rings. The van der Waals surface area contributed by atoms with Crippen LogP contribution in [0.25, 0.3) is 0 Å². The summed E-state index contributed by atoms with van der Waals surface area (Å²) in [6.45, 7) is 4.73. The maximum absolute atomic E-state index is 11.1. The summed E-state index contributed by atoms with van der Waals surface area (Å²) in [6.07, 6.45) is 0. The molecule has 0 aliphatic heterocycles. The Labute approximate surface area is 117 Å². The monoisotopic (exact) mass is 284 g/mol. The number of amides is 1. The Balaban J connectivity index is 3.05. The van der Waals surface area contributed by atoms with Crippen LogP contribution in [0.3, 0.4) is 0 Å². The van der Waals surface area contributed by atoms with Crippen LogP contribution in [0.2, 0.25) is 5.02 Å². The summed E-state index contributed by atoms with van der Waals surface area (Å²) in [5, 5.41) is 9.06. The lowest BCUT2D eigenvalue weighted by molar-refractivity contribution is -0.116. The van der Waals surface area contributed by atoms with Crippen molar-refractivity contribution < 1.29 is 14.7 Å². The Kier molecular flexibility index (Phi) is 5.18. The highest BCUT2D eigenvalue weighted by Crippen LogP contribution is 2.24. The van der Waals surface area contributed by atoms with E-state index in [1.54, 1.807) is 11.0 Å². The fourth-order valence-electron chi connectivity index (χ4n) is 1.76. The molecule has 1 aromatic carbocycles. The molecule has 0 heterocycles. The molecular formula is C13H17ClN2O3. The predicted molar refractivity (Wildman–Crippen MR) is 74.7 cm³/mol. The van der Waals surface area contributed by atoms with E-state index in [1.165, 1.54) is 12.1 Å². The number of aromatic carboxylic acids is 1. The zero-order valence-corrected chi connectivity index (χ0v) is 11.6. The summed E-state index contributed by atoms with van der Waals surface area (Å²) in [6, 6.07) is 4.59. The van der Waals surface area contributed by atoms with Gasteiger partial charge < -0.3 is 15.7 Å². The maximum Gasteiger partial charge on any atom is 0.337 e. The molecule has 5 nitrogen and oxygen atoms in total. The zero-order chi connectivity index (χ0) is 14.6. The third kappa shape index (κ3) is 4.44. The summed E-state index contributed by atoms with van der Waals surface area (Å²) < 4.78 is 0. The highest BCUT2D eigenvalue weighted by molar-refractivity contribution is 6.33. The van der Waals surface area contributed by atoms with Crippen molar-refractivity contribution in [3.63, 3.8) is 0 Å². The van der Waals surface area contributed by atoms with Crippen LogP contribution in [0.4, 0.5) is 5.69 Å². The molecule has 0 radical (unpaired) electrons. The van der Waals surface area contributed by atoms with Crippen molar-refractivity contribution in [3.8, 4) is 0 Å². The van der Waals surface area contributed by atoms with E-state index in [-0.39, 0.29) is 17.1 Å². The summed E-state index contributed by atoms with van der Waals surface area (Å²) in [5.41, 5.74) is 5.93. The van der Waals surface area contributed by atoms with Gasteiger partial charge in [-0.1, -0.05) is 25.4 Å². The number of carbonyl (C=O) groups is 2. The number of hydrogen-bond acceptors (Lipinski definition) is 3. The molecule has 0 aliphatic rings. The van der Waals surface area contributed by atoms with Crippen LogP contribution >= 0.6 is 11.6 Å². The lowest BCUT2D eigenvalue weighted by Crippen LogP contribution is -2.36. The molecule has 0 atom stereocenters. The van der Waals surface area contributed by atoms with Gasteiger partial charge in [-0.25, -0.2) is 4.79 Å². The van der Waals surface area contributed by atoms with Crippen LogP contribution in [-0.4, -0.2) is 30.1 Å². The van der Waals surface area contributed by atoms with Crippen molar-refractivity contribution in [1.82, 2.24) is 0 Å². The van der Waals surface area contributed by atoms with E-state index in [4.69, 9.17) is 22.4 Å². The van der Waals surface area contributed by atoms with E-state index >= 15 is 0 Å². The molecule has 3 N–H and O–H groups in total. The second-order valence-electron chi connectivity index (χ2n) is 4.71. The van der Waals surface area contributed by atoms with E-state index in [1.807, 2.05) is 13.8 Å². The molecule has 0 unspecified atom stereocenters. The van der Waals surface area contributed by atoms with E-state index in [9.17, 15) is 9.59 Å². The van der Waals surface area contributed by atoms with Crippen LogP contribution in [0.15, 0.2) is 18.2 Å². The van der Waals surface area contributed by atoms with Crippen LogP contribution < -0.4 is 10.6 Å². The number of hydrogen-bond donors (Lipinski definition) is 2. The van der Waals surface area contributed by atoms with Crippen LogP contribution in [0, 0.1) is 5.92 Å². The second-order valence-corrected chi connectivity index (χ2v) is 5.12. The van der Waals surface area contributed by atoms with Gasteiger partial charge in [0.15, 0.2) is 0 Å². The Bertz CT molecular complexity index is 489. The number of primary amides is 1. The largest absolute Gasteiger partial charge is 0.478 e. The summed E-state index contributed by atoms with van der Waals surface area (Å²) >= 11 is 5.92. The van der Waals surface area contributed by atoms with Gasteiger partial charge in [-0.2, -0.15) is 0 Å². The molecule has 0 bridgehead atoms. The number of nitrogens with zero attached hydrogens (tertiary/aromatic N) is 1. The van der Waals surface area contributed by atoms with Gasteiger partial charge in [0.2, 0.25) is 5.91 Å². The van der Waals surface area contributed by atoms with E-state index in [0.29, 0.717) is 18.2 Å². The van der Waals surface area contributed by atoms with Crippen molar-refractivity contribution in [2.24, 2.45) is 11.7 Å². The maximum atomic E-state index is 11.1. The fourth-order valence-corrected chi connectivity index (χ4v) is 2.02. The van der Waals surface area contributed by atoms with Gasteiger partial charge in [-0.15, -0.1) is 0 Å². The first kappa shape index (κ1) is 15.3. The molecule has 1 amide bonds. The molecule has 6 heteroatoms. The predicted octanol–water partition coefficient (Wildman–Crippen LogP) is 1.99. The summed E-state index contributed by atoms with van der Waals surface area (Å²) in [5.74, 6) is -1.20. The van der Waals surface area contributed by atoms with Crippen LogP contribution in [0.5, 0.6) is 0 Å². The number of carboxylic acids is 1. The molecule has 19 heavy (non-hydrogen) atoms. The number of rotatable bonds is 6. The first-order valence-corrected chi connectivity index (χ1v) is 6.25. The van der Waals surface area contributed by atoms with Crippen LogP contribution in [-0.2, 0) is 4.79 Å². The topological polar surface area (TPSA) is 83.6 Å². The fraction of sp³-hybridized carbons (Fsp3) is 0.385. The standard InChI is InChI=1S/C13H17ClN2O3/c1-8(2)6-16(7-12(15)17)9-3-4-10(13(18)19)11(14)5-9/h3-5,8H,6-7H2,1-2H3,(H2,15,17)(H,18,19). The first-order chi connectivity index (χ1) is 8.81. The molecule has 0 aliphatic carbocycles. The Morgan fingerprint density at radius 3 is 2.47 bits per heavy atom. The number of carboxylic acid groups (broad SMARTS) is 1. The molecule has 0 saturated heterocycles. The third-order valence-corrected chi connectivity index (χ3v) is 2.79. The minimum Gasteiger partial charge on any atom is -0.478 e. The quantitative estimate of drug-likeness (QED) is 0.837. The average molecular weight is 285 g/mol. The summed E-state index contributed by atoms with van der Waals surface area (Å²) in [7, 11) is 0. The molecule has 0 saturated carbocycles. The summed E-state index contributed by atoms with van der Waals surface area (Å²) in [4.78, 5) is 23.7. The van der Waals surface area contributed by atoms with Crippen molar-refractivity contribution >= 4 is 29.2 Å². The van der Waals surface area contributed by atoms with Gasteiger partial charge in [0, 0.05) is 12.2 Å². The highest BCUT2D eigenvalue weighted by Gasteiger charge is 2.15. The number of benzene rings is 1. The number of anilines is 1. The van der Waals surface area contributed by atoms with Crippen molar-refractivity contribution in [2.75, 3.05) is 18.0 Å². The molecule has 1 rings (SSSR count). The van der Waals surface area contributed by atoms with Crippen molar-refractivity contribution in [2.45, 2.75) is 13.8 Å². The van der Waals surface area contributed by atoms with Gasteiger partial charge in [0.25, 0.3) is 0 Å². The van der Waals surface area contributed by atoms with Gasteiger partial charge in [-0.3, -0.25) is 4.79 Å². The van der Waals surface area contributed by atoms with Crippen molar-refractivity contribution in [3.05, 3.63) is 28.8 Å². The lowest BCUT2D eigenvalue weighted by atomic mass is 10.1. The normalized spacial score (nSPS) is 10.5. The SMILES string of the molecule is CC(C)CN(CC(N)=O)c1ccc(C(=O)O)c(Cl)c1. The zero-order valence-electron chi connectivity index (χ0n) is 10.9. The minimum atomic E-state index is -1.08. The second kappa shape index (κ2) is 6.43. The molecular weight excluding hydrogens is 268 g/mol. The van der Waals surface area contributed by atoms with E-state index < -0.39 is 11.9 Å². The van der Waals surface area contributed by atoms with Gasteiger partial charge in [-0.05, 0) is 24.1 Å². The van der Waals surface area contributed by atoms with Gasteiger partial charge in [0.1, 0.15) is 0 Å². The third-order valence-electron chi connectivity index (χ3n) is 2.48.